The maximum absolute atomic E-state index is 13.7. The van der Waals surface area contributed by atoms with Crippen LogP contribution in [-0.2, 0) is 6.42 Å². The van der Waals surface area contributed by atoms with E-state index >= 15 is 0 Å². The van der Waals surface area contributed by atoms with Crippen LogP contribution in [0.15, 0.2) is 51.4 Å². The van der Waals surface area contributed by atoms with E-state index in [-0.39, 0.29) is 0 Å². The SMILES string of the molecule is OC(Cc1ccc(Br)cc1)c1ccc(Br)cc1F. The summed E-state index contributed by atoms with van der Waals surface area (Å²) in [7, 11) is 0. The highest BCUT2D eigenvalue weighted by atomic mass is 79.9. The summed E-state index contributed by atoms with van der Waals surface area (Å²) in [6.45, 7) is 0. The number of aliphatic hydroxyl groups is 1. The van der Waals surface area contributed by atoms with Gasteiger partial charge in [0.15, 0.2) is 0 Å². The number of benzene rings is 2. The second-order valence-electron chi connectivity index (χ2n) is 4.01. The van der Waals surface area contributed by atoms with Gasteiger partial charge in [0.1, 0.15) is 5.82 Å². The highest BCUT2D eigenvalue weighted by molar-refractivity contribution is 9.10. The van der Waals surface area contributed by atoms with E-state index in [4.69, 9.17) is 0 Å². The van der Waals surface area contributed by atoms with Crippen LogP contribution in [0.1, 0.15) is 17.2 Å². The summed E-state index contributed by atoms with van der Waals surface area (Å²) in [5.41, 5.74) is 1.29. The molecule has 1 N–H and O–H groups in total. The molecule has 0 aromatic heterocycles. The lowest BCUT2D eigenvalue weighted by atomic mass is 10.0. The summed E-state index contributed by atoms with van der Waals surface area (Å²) in [5, 5.41) is 10.0. The minimum absolute atomic E-state index is 0.320. The van der Waals surface area contributed by atoms with Gasteiger partial charge in [0, 0.05) is 20.9 Å². The van der Waals surface area contributed by atoms with Gasteiger partial charge in [0.05, 0.1) is 6.10 Å². The highest BCUT2D eigenvalue weighted by Gasteiger charge is 2.13. The number of halogens is 3. The molecule has 0 amide bonds. The molecule has 0 heterocycles. The van der Waals surface area contributed by atoms with Gasteiger partial charge in [-0.1, -0.05) is 50.1 Å². The third-order valence-corrected chi connectivity index (χ3v) is 3.69. The minimum atomic E-state index is -0.834. The van der Waals surface area contributed by atoms with E-state index in [9.17, 15) is 9.50 Å². The van der Waals surface area contributed by atoms with Gasteiger partial charge in [0.2, 0.25) is 0 Å². The first-order valence-corrected chi connectivity index (χ1v) is 7.02. The van der Waals surface area contributed by atoms with Gasteiger partial charge < -0.3 is 5.11 Å². The molecule has 0 aliphatic heterocycles. The van der Waals surface area contributed by atoms with E-state index in [0.717, 1.165) is 10.0 Å². The molecule has 0 radical (unpaired) electrons. The fourth-order valence-corrected chi connectivity index (χ4v) is 2.32. The van der Waals surface area contributed by atoms with Crippen molar-refractivity contribution in [2.24, 2.45) is 0 Å². The Labute approximate surface area is 122 Å². The fraction of sp³-hybridized carbons (Fsp3) is 0.143. The van der Waals surface area contributed by atoms with E-state index in [1.807, 2.05) is 24.3 Å². The maximum atomic E-state index is 13.7. The lowest BCUT2D eigenvalue weighted by Crippen LogP contribution is -2.04. The molecule has 0 aliphatic carbocycles. The Kier molecular flexibility index (Phi) is 4.54. The molecule has 94 valence electrons. The van der Waals surface area contributed by atoms with Crippen molar-refractivity contribution in [1.82, 2.24) is 0 Å². The molecule has 1 atom stereocenters. The monoisotopic (exact) mass is 372 g/mol. The standard InChI is InChI=1S/C14H11Br2FO/c15-10-3-1-9(2-4-10)7-14(18)12-6-5-11(16)8-13(12)17/h1-6,8,14,18H,7H2. The summed E-state index contributed by atoms with van der Waals surface area (Å²) in [6.07, 6.45) is -0.439. The number of hydrogen-bond acceptors (Lipinski definition) is 1. The second kappa shape index (κ2) is 5.95. The van der Waals surface area contributed by atoms with E-state index in [0.29, 0.717) is 16.5 Å². The highest BCUT2D eigenvalue weighted by Crippen LogP contribution is 2.24. The van der Waals surface area contributed by atoms with E-state index in [1.165, 1.54) is 6.07 Å². The van der Waals surface area contributed by atoms with Gasteiger partial charge in [-0.05, 0) is 29.8 Å². The van der Waals surface area contributed by atoms with Crippen molar-refractivity contribution in [3.8, 4) is 0 Å². The molecule has 18 heavy (non-hydrogen) atoms. The van der Waals surface area contributed by atoms with Crippen molar-refractivity contribution < 1.29 is 9.50 Å². The molecule has 1 unspecified atom stereocenters. The number of aliphatic hydroxyl groups excluding tert-OH is 1. The predicted molar refractivity (Wildman–Crippen MR) is 76.9 cm³/mol. The molecule has 2 aromatic carbocycles. The van der Waals surface area contributed by atoms with Crippen molar-refractivity contribution in [3.05, 3.63) is 68.4 Å². The Bertz CT molecular complexity index is 540. The summed E-state index contributed by atoms with van der Waals surface area (Å²) in [5.74, 6) is -0.394. The minimum Gasteiger partial charge on any atom is -0.388 e. The smallest absolute Gasteiger partial charge is 0.130 e. The van der Waals surface area contributed by atoms with Gasteiger partial charge in [-0.25, -0.2) is 4.39 Å². The largest absolute Gasteiger partial charge is 0.388 e. The molecular formula is C14H11Br2FO. The topological polar surface area (TPSA) is 20.2 Å². The maximum Gasteiger partial charge on any atom is 0.130 e. The van der Waals surface area contributed by atoms with Crippen molar-refractivity contribution in [2.45, 2.75) is 12.5 Å². The number of hydrogen-bond donors (Lipinski definition) is 1. The van der Waals surface area contributed by atoms with Crippen LogP contribution >= 0.6 is 31.9 Å². The molecular weight excluding hydrogens is 363 g/mol. The molecule has 0 fully saturated rings. The third-order valence-electron chi connectivity index (χ3n) is 2.66. The Hall–Kier alpha value is -0.710. The molecule has 0 saturated heterocycles. The zero-order valence-electron chi connectivity index (χ0n) is 9.41. The Morgan fingerprint density at radius 2 is 1.61 bits per heavy atom. The van der Waals surface area contributed by atoms with Gasteiger partial charge in [-0.3, -0.25) is 0 Å². The Morgan fingerprint density at radius 1 is 1.00 bits per heavy atom. The molecule has 0 bridgehead atoms. The normalized spacial score (nSPS) is 12.4. The second-order valence-corrected chi connectivity index (χ2v) is 5.84. The van der Waals surface area contributed by atoms with Crippen LogP contribution in [-0.4, -0.2) is 5.11 Å². The summed E-state index contributed by atoms with van der Waals surface area (Å²) >= 11 is 6.54. The average molecular weight is 374 g/mol. The van der Waals surface area contributed by atoms with Crippen molar-refractivity contribution in [1.29, 1.82) is 0 Å². The van der Waals surface area contributed by atoms with E-state index < -0.39 is 11.9 Å². The first-order chi connectivity index (χ1) is 8.56. The van der Waals surface area contributed by atoms with Crippen molar-refractivity contribution >= 4 is 31.9 Å². The zero-order valence-corrected chi connectivity index (χ0v) is 12.6. The van der Waals surface area contributed by atoms with Gasteiger partial charge in [-0.2, -0.15) is 0 Å². The summed E-state index contributed by atoms with van der Waals surface area (Å²) in [6, 6.07) is 12.3. The third kappa shape index (κ3) is 3.40. The van der Waals surface area contributed by atoms with Crippen molar-refractivity contribution in [2.75, 3.05) is 0 Å². The van der Waals surface area contributed by atoms with Crippen LogP contribution < -0.4 is 0 Å². The number of rotatable bonds is 3. The van der Waals surface area contributed by atoms with E-state index in [1.54, 1.807) is 12.1 Å². The molecule has 2 rings (SSSR count). The summed E-state index contributed by atoms with van der Waals surface area (Å²) < 4.78 is 15.3. The first-order valence-electron chi connectivity index (χ1n) is 5.44. The molecule has 0 saturated carbocycles. The molecule has 0 spiro atoms. The molecule has 4 heteroatoms. The van der Waals surface area contributed by atoms with Crippen LogP contribution in [0.3, 0.4) is 0 Å². The van der Waals surface area contributed by atoms with Crippen molar-refractivity contribution in [3.63, 3.8) is 0 Å². The fourth-order valence-electron chi connectivity index (χ4n) is 1.73. The van der Waals surface area contributed by atoms with Crippen LogP contribution in [0.4, 0.5) is 4.39 Å². The summed E-state index contributed by atoms with van der Waals surface area (Å²) in [4.78, 5) is 0. The van der Waals surface area contributed by atoms with Crippen LogP contribution in [0.5, 0.6) is 0 Å². The van der Waals surface area contributed by atoms with Gasteiger partial charge in [-0.15, -0.1) is 0 Å². The Balaban J connectivity index is 2.16. The van der Waals surface area contributed by atoms with Gasteiger partial charge >= 0.3 is 0 Å². The molecule has 1 nitrogen and oxygen atoms in total. The van der Waals surface area contributed by atoms with Crippen LogP contribution in [0.2, 0.25) is 0 Å². The quantitative estimate of drug-likeness (QED) is 0.831. The van der Waals surface area contributed by atoms with Crippen LogP contribution in [0, 0.1) is 5.82 Å². The van der Waals surface area contributed by atoms with Crippen LogP contribution in [0.25, 0.3) is 0 Å². The van der Waals surface area contributed by atoms with Gasteiger partial charge in [0.25, 0.3) is 0 Å². The lowest BCUT2D eigenvalue weighted by molar-refractivity contribution is 0.173. The Morgan fingerprint density at radius 3 is 2.22 bits per heavy atom. The average Bonchev–Trinajstić information content (AvgIpc) is 2.32. The first kappa shape index (κ1) is 13.7. The van der Waals surface area contributed by atoms with E-state index in [2.05, 4.69) is 31.9 Å². The molecule has 2 aromatic rings. The molecule has 0 aliphatic rings. The lowest BCUT2D eigenvalue weighted by Gasteiger charge is -2.12. The zero-order chi connectivity index (χ0) is 13.1. The predicted octanol–water partition coefficient (Wildman–Crippen LogP) is 4.63.